The summed E-state index contributed by atoms with van der Waals surface area (Å²) in [5.41, 5.74) is 0.730. The highest BCUT2D eigenvalue weighted by Crippen LogP contribution is 2.22. The van der Waals surface area contributed by atoms with Crippen molar-refractivity contribution in [3.8, 4) is 5.75 Å². The van der Waals surface area contributed by atoms with Crippen LogP contribution >= 0.6 is 0 Å². The van der Waals surface area contributed by atoms with Gasteiger partial charge in [-0.15, -0.1) is 0 Å². The molecular weight excluding hydrogens is 244 g/mol. The van der Waals surface area contributed by atoms with Gasteiger partial charge in [-0.1, -0.05) is 6.07 Å². The number of benzene rings is 1. The van der Waals surface area contributed by atoms with Crippen LogP contribution in [0.25, 0.3) is 0 Å². The van der Waals surface area contributed by atoms with Crippen LogP contribution in [-0.2, 0) is 0 Å². The van der Waals surface area contributed by atoms with Crippen LogP contribution in [0.1, 0.15) is 19.4 Å². The Morgan fingerprint density at radius 3 is 2.63 bits per heavy atom. The number of ether oxygens (including phenoxy) is 1. The Labute approximate surface area is 114 Å². The Morgan fingerprint density at radius 2 is 2.11 bits per heavy atom. The van der Waals surface area contributed by atoms with E-state index < -0.39 is 5.60 Å². The van der Waals surface area contributed by atoms with Gasteiger partial charge in [0.1, 0.15) is 5.75 Å². The molecule has 0 spiro atoms. The van der Waals surface area contributed by atoms with Crippen molar-refractivity contribution in [2.45, 2.75) is 26.4 Å². The van der Waals surface area contributed by atoms with E-state index >= 15 is 0 Å². The zero-order chi connectivity index (χ0) is 14.6. The fourth-order valence-corrected chi connectivity index (χ4v) is 1.73. The molecule has 5 nitrogen and oxygen atoms in total. The Balaban J connectivity index is 2.76. The summed E-state index contributed by atoms with van der Waals surface area (Å²) in [5.74, 6) is 0.686. The van der Waals surface area contributed by atoms with Crippen LogP contribution < -0.4 is 10.1 Å². The number of carbonyl (C=O) groups is 1. The van der Waals surface area contributed by atoms with Crippen molar-refractivity contribution in [2.24, 2.45) is 0 Å². The number of likely N-dealkylation sites (N-methyl/N-ethyl adjacent to an activating group) is 1. The normalized spacial score (nSPS) is 11.1. The van der Waals surface area contributed by atoms with E-state index in [4.69, 9.17) is 4.74 Å². The van der Waals surface area contributed by atoms with E-state index in [0.717, 1.165) is 5.56 Å². The van der Waals surface area contributed by atoms with Crippen molar-refractivity contribution < 1.29 is 14.6 Å². The van der Waals surface area contributed by atoms with Gasteiger partial charge in [-0.3, -0.25) is 0 Å². The SMILES string of the molecule is COc1ccc(C)c(NC(=O)N(C)CC(C)(C)O)c1. The molecule has 0 aliphatic heterocycles. The van der Waals surface area contributed by atoms with Gasteiger partial charge in [0.05, 0.1) is 19.3 Å². The summed E-state index contributed by atoms with van der Waals surface area (Å²) in [4.78, 5) is 13.4. The number of methoxy groups -OCH3 is 1. The molecule has 0 unspecified atom stereocenters. The zero-order valence-corrected chi connectivity index (χ0v) is 12.2. The van der Waals surface area contributed by atoms with E-state index in [1.165, 1.54) is 4.90 Å². The van der Waals surface area contributed by atoms with Gasteiger partial charge in [-0.25, -0.2) is 4.79 Å². The monoisotopic (exact) mass is 266 g/mol. The molecule has 1 rings (SSSR count). The van der Waals surface area contributed by atoms with Gasteiger partial charge >= 0.3 is 6.03 Å². The summed E-state index contributed by atoms with van der Waals surface area (Å²) in [6.07, 6.45) is 0. The lowest BCUT2D eigenvalue weighted by molar-refractivity contribution is 0.0550. The highest BCUT2D eigenvalue weighted by Gasteiger charge is 2.19. The summed E-state index contributed by atoms with van der Waals surface area (Å²) >= 11 is 0. The van der Waals surface area contributed by atoms with Gasteiger partial charge in [0, 0.05) is 18.8 Å². The number of anilines is 1. The molecule has 19 heavy (non-hydrogen) atoms. The first kappa shape index (κ1) is 15.3. The topological polar surface area (TPSA) is 61.8 Å². The molecule has 0 heterocycles. The first-order chi connectivity index (χ1) is 8.73. The van der Waals surface area contributed by atoms with Crippen LogP contribution in [0.5, 0.6) is 5.75 Å². The first-order valence-electron chi connectivity index (χ1n) is 6.12. The largest absolute Gasteiger partial charge is 0.497 e. The molecule has 2 amide bonds. The summed E-state index contributed by atoms with van der Waals surface area (Å²) in [6, 6.07) is 5.22. The quantitative estimate of drug-likeness (QED) is 0.878. The van der Waals surface area contributed by atoms with E-state index in [-0.39, 0.29) is 12.6 Å². The number of nitrogens with one attached hydrogen (secondary N) is 1. The third-order valence-corrected chi connectivity index (χ3v) is 2.66. The molecule has 0 bridgehead atoms. The van der Waals surface area contributed by atoms with Crippen LogP contribution in [0.2, 0.25) is 0 Å². The molecule has 106 valence electrons. The van der Waals surface area contributed by atoms with E-state index in [9.17, 15) is 9.90 Å². The molecule has 0 aliphatic carbocycles. The molecule has 0 radical (unpaired) electrons. The molecule has 0 aliphatic rings. The van der Waals surface area contributed by atoms with Crippen molar-refractivity contribution in [1.29, 1.82) is 0 Å². The number of hydrogen-bond donors (Lipinski definition) is 2. The Kier molecular flexibility index (Phi) is 4.78. The summed E-state index contributed by atoms with van der Waals surface area (Å²) in [5, 5.41) is 12.5. The van der Waals surface area contributed by atoms with Crippen molar-refractivity contribution >= 4 is 11.7 Å². The minimum absolute atomic E-state index is 0.252. The fraction of sp³-hybridized carbons (Fsp3) is 0.500. The van der Waals surface area contributed by atoms with Crippen LogP contribution in [0.4, 0.5) is 10.5 Å². The van der Waals surface area contributed by atoms with Gasteiger partial charge in [0.15, 0.2) is 0 Å². The van der Waals surface area contributed by atoms with Gasteiger partial charge < -0.3 is 20.1 Å². The molecule has 5 heteroatoms. The molecule has 0 saturated heterocycles. The predicted molar refractivity (Wildman–Crippen MR) is 75.7 cm³/mol. The van der Waals surface area contributed by atoms with Crippen LogP contribution in [0, 0.1) is 6.92 Å². The second-order valence-electron chi connectivity index (χ2n) is 5.28. The Hall–Kier alpha value is -1.75. The fourth-order valence-electron chi connectivity index (χ4n) is 1.73. The average molecular weight is 266 g/mol. The van der Waals surface area contributed by atoms with Crippen molar-refractivity contribution in [3.63, 3.8) is 0 Å². The number of amides is 2. The molecular formula is C14H22N2O3. The van der Waals surface area contributed by atoms with E-state index in [0.29, 0.717) is 11.4 Å². The number of hydrogen-bond acceptors (Lipinski definition) is 3. The molecule has 1 aromatic rings. The van der Waals surface area contributed by atoms with Gasteiger partial charge in [0.2, 0.25) is 0 Å². The van der Waals surface area contributed by atoms with Crippen molar-refractivity contribution in [1.82, 2.24) is 4.90 Å². The lowest BCUT2D eigenvalue weighted by atomic mass is 10.1. The third-order valence-electron chi connectivity index (χ3n) is 2.66. The summed E-state index contributed by atoms with van der Waals surface area (Å²) in [6.45, 7) is 5.48. The smallest absolute Gasteiger partial charge is 0.321 e. The molecule has 0 atom stereocenters. The van der Waals surface area contributed by atoms with Crippen LogP contribution in [0.3, 0.4) is 0 Å². The third kappa shape index (κ3) is 4.79. The number of urea groups is 1. The predicted octanol–water partition coefficient (Wildman–Crippen LogP) is 2.24. The highest BCUT2D eigenvalue weighted by molar-refractivity contribution is 5.90. The number of rotatable bonds is 4. The van der Waals surface area contributed by atoms with E-state index in [2.05, 4.69) is 5.32 Å². The standard InChI is InChI=1S/C14H22N2O3/c1-10-6-7-11(19-5)8-12(10)15-13(17)16(4)9-14(2,3)18/h6-8,18H,9H2,1-5H3,(H,15,17). The Morgan fingerprint density at radius 1 is 1.47 bits per heavy atom. The van der Waals surface area contributed by atoms with E-state index in [1.807, 2.05) is 19.1 Å². The number of nitrogens with zero attached hydrogens (tertiary/aromatic N) is 1. The number of aliphatic hydroxyl groups is 1. The van der Waals surface area contributed by atoms with E-state index in [1.54, 1.807) is 34.1 Å². The maximum Gasteiger partial charge on any atom is 0.321 e. The number of carbonyl (C=O) groups excluding carboxylic acids is 1. The molecule has 0 fully saturated rings. The van der Waals surface area contributed by atoms with Crippen LogP contribution in [0.15, 0.2) is 18.2 Å². The average Bonchev–Trinajstić information content (AvgIpc) is 2.29. The highest BCUT2D eigenvalue weighted by atomic mass is 16.5. The summed E-state index contributed by atoms with van der Waals surface area (Å²) < 4.78 is 5.13. The molecule has 1 aromatic carbocycles. The number of aryl methyl sites for hydroxylation is 1. The minimum Gasteiger partial charge on any atom is -0.497 e. The maximum absolute atomic E-state index is 12.0. The summed E-state index contributed by atoms with van der Waals surface area (Å²) in [7, 11) is 3.22. The van der Waals surface area contributed by atoms with Gasteiger partial charge in [-0.05, 0) is 32.4 Å². The zero-order valence-electron chi connectivity index (χ0n) is 12.2. The first-order valence-corrected chi connectivity index (χ1v) is 6.12. The minimum atomic E-state index is -0.921. The van der Waals surface area contributed by atoms with Gasteiger partial charge in [-0.2, -0.15) is 0 Å². The van der Waals surface area contributed by atoms with Gasteiger partial charge in [0.25, 0.3) is 0 Å². The molecule has 2 N–H and O–H groups in total. The second-order valence-corrected chi connectivity index (χ2v) is 5.28. The lowest BCUT2D eigenvalue weighted by Crippen LogP contribution is -2.41. The van der Waals surface area contributed by atoms with Crippen molar-refractivity contribution in [2.75, 3.05) is 26.0 Å². The molecule has 0 aromatic heterocycles. The second kappa shape index (κ2) is 5.93. The maximum atomic E-state index is 12.0. The Bertz CT molecular complexity index is 452. The van der Waals surface area contributed by atoms with Crippen molar-refractivity contribution in [3.05, 3.63) is 23.8 Å². The molecule has 0 saturated carbocycles. The lowest BCUT2D eigenvalue weighted by Gasteiger charge is -2.26. The van der Waals surface area contributed by atoms with Crippen LogP contribution in [-0.4, -0.2) is 42.3 Å².